The van der Waals surface area contributed by atoms with E-state index in [2.05, 4.69) is 76.9 Å². The quantitative estimate of drug-likeness (QED) is 0.677. The van der Waals surface area contributed by atoms with E-state index in [9.17, 15) is 5.11 Å². The Balaban J connectivity index is 2.88. The van der Waals surface area contributed by atoms with E-state index in [0.717, 1.165) is 18.7 Å². The summed E-state index contributed by atoms with van der Waals surface area (Å²) < 4.78 is 6.29. The maximum absolute atomic E-state index is 11.0. The molecule has 0 aliphatic carbocycles. The van der Waals surface area contributed by atoms with E-state index in [4.69, 9.17) is 4.43 Å². The van der Waals surface area contributed by atoms with Crippen LogP contribution in [-0.4, -0.2) is 70.2 Å². The van der Waals surface area contributed by atoms with Crippen LogP contribution < -0.4 is 0 Å². The molecule has 1 rings (SSSR count). The molecule has 5 heteroatoms. The molecule has 0 saturated carbocycles. The third-order valence-corrected chi connectivity index (χ3v) is 9.80. The van der Waals surface area contributed by atoms with Crippen molar-refractivity contribution in [3.05, 3.63) is 35.9 Å². The number of aliphatic hydroxyl groups is 1. The highest BCUT2D eigenvalue weighted by molar-refractivity contribution is 6.74. The summed E-state index contributed by atoms with van der Waals surface area (Å²) in [6.45, 7) is 13.4. The van der Waals surface area contributed by atoms with E-state index < -0.39 is 14.4 Å². The summed E-state index contributed by atoms with van der Waals surface area (Å²) in [4.78, 5) is 4.39. The van der Waals surface area contributed by atoms with Crippen molar-refractivity contribution in [2.45, 2.75) is 51.0 Å². The summed E-state index contributed by atoms with van der Waals surface area (Å²) in [6, 6.07) is 10.2. The SMILES string of the molecule is CN(C)CCN(C)[C@H](c1ccccc1)[C@@H](O)CO[Si](C)(C)C(C)(C)C. The maximum atomic E-state index is 11.0. The zero-order valence-corrected chi connectivity index (χ0v) is 18.4. The van der Waals surface area contributed by atoms with Gasteiger partial charge in [0.1, 0.15) is 0 Å². The number of hydrogen-bond acceptors (Lipinski definition) is 4. The predicted octanol–water partition coefficient (Wildman–Crippen LogP) is 3.60. The van der Waals surface area contributed by atoms with Gasteiger partial charge in [-0.2, -0.15) is 0 Å². The fourth-order valence-electron chi connectivity index (χ4n) is 2.52. The molecular weight excluding hydrogens is 328 g/mol. The molecule has 0 aliphatic heterocycles. The van der Waals surface area contributed by atoms with Crippen molar-refractivity contribution in [2.75, 3.05) is 40.8 Å². The standard InChI is InChI=1S/C20H38N2O2Si/c1-20(2,3)25(7,8)24-16-18(23)19(17-12-10-9-11-13-17)22(6)15-14-21(4)5/h9-13,18-19,23H,14-16H2,1-8H3/t18-,19+/m0/s1. The number of hydrogen-bond donors (Lipinski definition) is 1. The fraction of sp³-hybridized carbons (Fsp3) is 0.700. The van der Waals surface area contributed by atoms with Crippen molar-refractivity contribution in [2.24, 2.45) is 0 Å². The summed E-state index contributed by atoms with van der Waals surface area (Å²) in [7, 11) is 4.35. The highest BCUT2D eigenvalue weighted by Crippen LogP contribution is 2.37. The van der Waals surface area contributed by atoms with Gasteiger partial charge in [-0.3, -0.25) is 4.90 Å². The fourth-order valence-corrected chi connectivity index (χ4v) is 3.54. The monoisotopic (exact) mass is 366 g/mol. The molecule has 25 heavy (non-hydrogen) atoms. The predicted molar refractivity (Wildman–Crippen MR) is 110 cm³/mol. The van der Waals surface area contributed by atoms with E-state index >= 15 is 0 Å². The molecule has 1 N–H and O–H groups in total. The van der Waals surface area contributed by atoms with E-state index in [1.165, 1.54) is 0 Å². The summed E-state index contributed by atoms with van der Waals surface area (Å²) >= 11 is 0. The summed E-state index contributed by atoms with van der Waals surface area (Å²) in [5, 5.41) is 11.1. The lowest BCUT2D eigenvalue weighted by Gasteiger charge is -2.39. The van der Waals surface area contributed by atoms with Crippen LogP contribution in [-0.2, 0) is 4.43 Å². The van der Waals surface area contributed by atoms with Gasteiger partial charge in [-0.1, -0.05) is 51.1 Å². The summed E-state index contributed by atoms with van der Waals surface area (Å²) in [5.41, 5.74) is 1.13. The highest BCUT2D eigenvalue weighted by atomic mass is 28.4. The average molecular weight is 367 g/mol. The Morgan fingerprint density at radius 2 is 1.60 bits per heavy atom. The summed E-state index contributed by atoms with van der Waals surface area (Å²) in [6.07, 6.45) is -0.552. The van der Waals surface area contributed by atoms with Crippen molar-refractivity contribution in [3.63, 3.8) is 0 Å². The molecule has 0 fully saturated rings. The van der Waals surface area contributed by atoms with Crippen molar-refractivity contribution in [1.82, 2.24) is 9.80 Å². The van der Waals surface area contributed by atoms with E-state index in [1.54, 1.807) is 0 Å². The first kappa shape index (κ1) is 22.3. The van der Waals surface area contributed by atoms with Crippen LogP contribution in [0, 0.1) is 0 Å². The van der Waals surface area contributed by atoms with Gasteiger partial charge in [-0.15, -0.1) is 0 Å². The molecule has 0 bridgehead atoms. The largest absolute Gasteiger partial charge is 0.414 e. The van der Waals surface area contributed by atoms with Gasteiger partial charge in [0, 0.05) is 13.1 Å². The topological polar surface area (TPSA) is 35.9 Å². The molecule has 4 nitrogen and oxygen atoms in total. The zero-order valence-electron chi connectivity index (χ0n) is 17.4. The minimum absolute atomic E-state index is 0.0640. The van der Waals surface area contributed by atoms with Crippen LogP contribution in [0.15, 0.2) is 30.3 Å². The molecule has 0 radical (unpaired) electrons. The summed E-state index contributed by atoms with van der Waals surface area (Å²) in [5.74, 6) is 0. The van der Waals surface area contributed by atoms with Crippen LogP contribution in [0.3, 0.4) is 0 Å². The van der Waals surface area contributed by atoms with Crippen LogP contribution in [0.25, 0.3) is 0 Å². The molecule has 0 heterocycles. The Hall–Kier alpha value is -0.723. The Bertz CT molecular complexity index is 500. The zero-order chi connectivity index (χ0) is 19.3. The third-order valence-electron chi connectivity index (χ3n) is 5.30. The molecule has 0 unspecified atom stereocenters. The van der Waals surface area contributed by atoms with Gasteiger partial charge in [-0.25, -0.2) is 0 Å². The molecule has 0 amide bonds. The molecule has 0 aromatic heterocycles. The van der Waals surface area contributed by atoms with Crippen LogP contribution in [0.2, 0.25) is 18.1 Å². The second-order valence-electron chi connectivity index (χ2n) is 8.78. The number of aliphatic hydroxyl groups excluding tert-OH is 1. The minimum atomic E-state index is -1.87. The smallest absolute Gasteiger partial charge is 0.192 e. The maximum Gasteiger partial charge on any atom is 0.192 e. The van der Waals surface area contributed by atoms with Crippen molar-refractivity contribution in [1.29, 1.82) is 0 Å². The van der Waals surface area contributed by atoms with Gasteiger partial charge in [0.15, 0.2) is 8.32 Å². The van der Waals surface area contributed by atoms with Gasteiger partial charge in [-0.05, 0) is 44.8 Å². The Morgan fingerprint density at radius 1 is 1.04 bits per heavy atom. The molecule has 0 spiro atoms. The Kier molecular flexibility index (Phi) is 8.29. The lowest BCUT2D eigenvalue weighted by Crippen LogP contribution is -2.45. The lowest BCUT2D eigenvalue weighted by atomic mass is 10.0. The third kappa shape index (κ3) is 6.83. The lowest BCUT2D eigenvalue weighted by molar-refractivity contribution is 0.0211. The molecular formula is C20H38N2O2Si. The van der Waals surface area contributed by atoms with Crippen LogP contribution >= 0.6 is 0 Å². The van der Waals surface area contributed by atoms with Gasteiger partial charge >= 0.3 is 0 Å². The van der Waals surface area contributed by atoms with Gasteiger partial charge in [0.2, 0.25) is 0 Å². The van der Waals surface area contributed by atoms with Crippen molar-refractivity contribution in [3.8, 4) is 0 Å². The van der Waals surface area contributed by atoms with Crippen LogP contribution in [0.1, 0.15) is 32.4 Å². The Morgan fingerprint density at radius 3 is 2.08 bits per heavy atom. The van der Waals surface area contributed by atoms with E-state index in [-0.39, 0.29) is 11.1 Å². The molecule has 2 atom stereocenters. The number of likely N-dealkylation sites (N-methyl/N-ethyl adjacent to an activating group) is 2. The van der Waals surface area contributed by atoms with E-state index in [0.29, 0.717) is 6.61 Å². The highest BCUT2D eigenvalue weighted by Gasteiger charge is 2.38. The van der Waals surface area contributed by atoms with Crippen LogP contribution in [0.5, 0.6) is 0 Å². The number of nitrogens with zero attached hydrogens (tertiary/aromatic N) is 2. The first-order valence-corrected chi connectivity index (χ1v) is 12.1. The minimum Gasteiger partial charge on any atom is -0.414 e. The van der Waals surface area contributed by atoms with E-state index in [1.807, 2.05) is 18.2 Å². The molecule has 0 saturated heterocycles. The van der Waals surface area contributed by atoms with Crippen LogP contribution in [0.4, 0.5) is 0 Å². The van der Waals surface area contributed by atoms with Crippen molar-refractivity contribution >= 4 is 8.32 Å². The number of benzene rings is 1. The first-order chi connectivity index (χ1) is 11.5. The van der Waals surface area contributed by atoms with Gasteiger partial charge in [0.05, 0.1) is 18.8 Å². The molecule has 0 aliphatic rings. The molecule has 144 valence electrons. The van der Waals surface area contributed by atoms with Gasteiger partial charge in [0.25, 0.3) is 0 Å². The Labute approximate surface area is 155 Å². The van der Waals surface area contributed by atoms with Gasteiger partial charge < -0.3 is 14.4 Å². The number of rotatable bonds is 9. The molecule has 1 aromatic rings. The van der Waals surface area contributed by atoms with Crippen molar-refractivity contribution < 1.29 is 9.53 Å². The normalized spacial score (nSPS) is 15.6. The second-order valence-corrected chi connectivity index (χ2v) is 13.6. The first-order valence-electron chi connectivity index (χ1n) is 9.17. The second kappa shape index (κ2) is 9.28. The molecule has 1 aromatic carbocycles. The average Bonchev–Trinajstić information content (AvgIpc) is 2.51.